The lowest BCUT2D eigenvalue weighted by molar-refractivity contribution is -0.141. The van der Waals surface area contributed by atoms with Gasteiger partial charge in [0.2, 0.25) is 5.91 Å². The molecule has 0 radical (unpaired) electrons. The fraction of sp³-hybridized carbons (Fsp3) is 0.312. The van der Waals surface area contributed by atoms with Gasteiger partial charge in [0.05, 0.1) is 13.0 Å². The van der Waals surface area contributed by atoms with E-state index in [1.165, 1.54) is 12.1 Å². The molecule has 3 aromatic carbocycles. The Bertz CT molecular complexity index is 1480. The van der Waals surface area contributed by atoms with E-state index in [0.29, 0.717) is 32.1 Å². The van der Waals surface area contributed by atoms with E-state index < -0.39 is 12.0 Å². The Hall–Kier alpha value is -4.13. The van der Waals surface area contributed by atoms with Crippen molar-refractivity contribution in [2.45, 2.75) is 57.0 Å². The molecule has 7 heteroatoms. The summed E-state index contributed by atoms with van der Waals surface area (Å²) in [6.45, 7) is 1.85. The van der Waals surface area contributed by atoms with E-state index >= 15 is 0 Å². The molecule has 39 heavy (non-hydrogen) atoms. The summed E-state index contributed by atoms with van der Waals surface area (Å²) in [5.41, 5.74) is 4.54. The largest absolute Gasteiger partial charge is 0.497 e. The van der Waals surface area contributed by atoms with Crippen molar-refractivity contribution in [3.63, 3.8) is 0 Å². The van der Waals surface area contributed by atoms with Crippen LogP contribution >= 0.6 is 0 Å². The molecule has 0 aliphatic heterocycles. The van der Waals surface area contributed by atoms with Crippen molar-refractivity contribution in [1.29, 1.82) is 0 Å². The molecule has 0 saturated heterocycles. The standard InChI is InChI=1S/C32H33FN2O4/c1-3-28(32(37)38)35-29-15-11-22(33)18-26(29)27-19-23(12-16-30(27)35)34-31(36)25(21-7-5-4-6-8-21)17-20-9-13-24(39-2)14-10-20/h4-11,13-15,18,23,25,28H,3,12,16-17,19H2,1-2H3,(H,34,36)(H,37,38)/t23-,25-,28?/m0/s1. The zero-order valence-electron chi connectivity index (χ0n) is 22.2. The highest BCUT2D eigenvalue weighted by molar-refractivity contribution is 5.89. The number of hydrogen-bond acceptors (Lipinski definition) is 3. The lowest BCUT2D eigenvalue weighted by atomic mass is 9.88. The van der Waals surface area contributed by atoms with Crippen LogP contribution in [0.5, 0.6) is 5.75 Å². The number of aliphatic carboxylic acids is 1. The fourth-order valence-corrected chi connectivity index (χ4v) is 5.86. The zero-order chi connectivity index (χ0) is 27.5. The molecule has 2 N–H and O–H groups in total. The molecular formula is C32H33FN2O4. The van der Waals surface area contributed by atoms with E-state index in [1.807, 2.05) is 66.1 Å². The molecule has 0 saturated carbocycles. The second-order valence-corrected chi connectivity index (χ2v) is 10.2. The molecule has 1 unspecified atom stereocenters. The third-order valence-corrected chi connectivity index (χ3v) is 7.81. The van der Waals surface area contributed by atoms with Crippen LogP contribution in [0.1, 0.15) is 54.1 Å². The number of carbonyl (C=O) groups excluding carboxylic acids is 1. The predicted octanol–water partition coefficient (Wildman–Crippen LogP) is 5.82. The minimum atomic E-state index is -0.902. The summed E-state index contributed by atoms with van der Waals surface area (Å²) in [5, 5.41) is 13.9. The molecule has 1 heterocycles. The van der Waals surface area contributed by atoms with E-state index in [9.17, 15) is 19.1 Å². The first-order valence-electron chi connectivity index (χ1n) is 13.4. The minimum Gasteiger partial charge on any atom is -0.497 e. The maximum Gasteiger partial charge on any atom is 0.326 e. The summed E-state index contributed by atoms with van der Waals surface area (Å²) in [7, 11) is 1.63. The van der Waals surface area contributed by atoms with Crippen molar-refractivity contribution in [2.75, 3.05) is 7.11 Å². The average Bonchev–Trinajstić information content (AvgIpc) is 3.25. The monoisotopic (exact) mass is 528 g/mol. The molecule has 1 aromatic heterocycles. The number of fused-ring (bicyclic) bond motifs is 3. The Morgan fingerprint density at radius 3 is 2.51 bits per heavy atom. The van der Waals surface area contributed by atoms with Gasteiger partial charge in [-0.1, -0.05) is 49.4 Å². The topological polar surface area (TPSA) is 80.6 Å². The first-order chi connectivity index (χ1) is 18.9. The molecule has 0 fully saturated rings. The van der Waals surface area contributed by atoms with Gasteiger partial charge in [-0.2, -0.15) is 0 Å². The SMILES string of the molecule is CCC(C(=O)O)n1c2c(c3cc(F)ccc31)C[C@@H](NC(=O)[C@@H](Cc1ccc(OC)cc1)c1ccccc1)CC2. The van der Waals surface area contributed by atoms with Gasteiger partial charge in [0, 0.05) is 22.6 Å². The summed E-state index contributed by atoms with van der Waals surface area (Å²) in [4.78, 5) is 25.8. The number of amides is 1. The van der Waals surface area contributed by atoms with Crippen LogP contribution in [0.4, 0.5) is 4.39 Å². The number of hydrogen-bond donors (Lipinski definition) is 2. The Morgan fingerprint density at radius 1 is 1.10 bits per heavy atom. The number of rotatable bonds is 9. The van der Waals surface area contributed by atoms with Crippen LogP contribution in [0.2, 0.25) is 0 Å². The quantitative estimate of drug-likeness (QED) is 0.287. The Morgan fingerprint density at radius 2 is 1.85 bits per heavy atom. The fourth-order valence-electron chi connectivity index (χ4n) is 5.86. The van der Waals surface area contributed by atoms with Crippen molar-refractivity contribution in [3.8, 4) is 5.75 Å². The highest BCUT2D eigenvalue weighted by Gasteiger charge is 2.32. The van der Waals surface area contributed by atoms with E-state index in [1.54, 1.807) is 13.2 Å². The van der Waals surface area contributed by atoms with Gasteiger partial charge in [-0.15, -0.1) is 0 Å². The van der Waals surface area contributed by atoms with Crippen molar-refractivity contribution < 1.29 is 23.8 Å². The molecule has 3 atom stereocenters. The third kappa shape index (κ3) is 5.39. The number of aromatic nitrogens is 1. The zero-order valence-corrected chi connectivity index (χ0v) is 22.2. The highest BCUT2D eigenvalue weighted by Crippen LogP contribution is 2.36. The molecule has 0 bridgehead atoms. The molecule has 6 nitrogen and oxygen atoms in total. The van der Waals surface area contributed by atoms with Gasteiger partial charge in [0.15, 0.2) is 0 Å². The number of ether oxygens (including phenoxy) is 1. The number of carboxylic acids is 1. The van der Waals surface area contributed by atoms with E-state index in [4.69, 9.17) is 4.74 Å². The Balaban J connectivity index is 1.43. The van der Waals surface area contributed by atoms with E-state index in [2.05, 4.69) is 5.32 Å². The van der Waals surface area contributed by atoms with Crippen LogP contribution in [0.15, 0.2) is 72.8 Å². The highest BCUT2D eigenvalue weighted by atomic mass is 19.1. The van der Waals surface area contributed by atoms with Crippen molar-refractivity contribution in [1.82, 2.24) is 9.88 Å². The van der Waals surface area contributed by atoms with Gasteiger partial charge in [-0.25, -0.2) is 9.18 Å². The average molecular weight is 529 g/mol. The molecule has 5 rings (SSSR count). The van der Waals surface area contributed by atoms with Crippen LogP contribution in [-0.4, -0.2) is 34.7 Å². The summed E-state index contributed by atoms with van der Waals surface area (Å²) in [6.07, 6.45) is 2.77. The Kier molecular flexibility index (Phi) is 7.68. The van der Waals surface area contributed by atoms with Crippen LogP contribution < -0.4 is 10.1 Å². The van der Waals surface area contributed by atoms with E-state index in [0.717, 1.165) is 39.0 Å². The summed E-state index contributed by atoms with van der Waals surface area (Å²) in [6, 6.07) is 21.2. The van der Waals surface area contributed by atoms with Crippen LogP contribution in [-0.2, 0) is 28.9 Å². The van der Waals surface area contributed by atoms with Crippen LogP contribution in [0, 0.1) is 5.82 Å². The van der Waals surface area contributed by atoms with Gasteiger partial charge >= 0.3 is 5.97 Å². The number of carboxylic acid groups (broad SMARTS) is 1. The van der Waals surface area contributed by atoms with Gasteiger partial charge in [0.25, 0.3) is 0 Å². The number of benzene rings is 3. The van der Waals surface area contributed by atoms with Crippen LogP contribution in [0.25, 0.3) is 10.9 Å². The molecule has 0 spiro atoms. The van der Waals surface area contributed by atoms with Gasteiger partial charge in [-0.05, 0) is 79.1 Å². The number of halogens is 1. The molecule has 202 valence electrons. The maximum atomic E-state index is 14.3. The van der Waals surface area contributed by atoms with Crippen molar-refractivity contribution in [2.24, 2.45) is 0 Å². The molecule has 1 aliphatic rings. The van der Waals surface area contributed by atoms with Crippen molar-refractivity contribution >= 4 is 22.8 Å². The maximum absolute atomic E-state index is 14.3. The molecule has 4 aromatic rings. The normalized spacial score (nSPS) is 16.3. The first-order valence-corrected chi connectivity index (χ1v) is 13.4. The smallest absolute Gasteiger partial charge is 0.326 e. The first kappa shape index (κ1) is 26.5. The third-order valence-electron chi connectivity index (χ3n) is 7.81. The number of nitrogens with zero attached hydrogens (tertiary/aromatic N) is 1. The molecular weight excluding hydrogens is 495 g/mol. The number of methoxy groups -OCH3 is 1. The van der Waals surface area contributed by atoms with E-state index in [-0.39, 0.29) is 23.7 Å². The summed E-state index contributed by atoms with van der Waals surface area (Å²) < 4.78 is 21.4. The summed E-state index contributed by atoms with van der Waals surface area (Å²) >= 11 is 0. The van der Waals surface area contributed by atoms with Crippen LogP contribution in [0.3, 0.4) is 0 Å². The number of nitrogens with one attached hydrogen (secondary N) is 1. The lowest BCUT2D eigenvalue weighted by Crippen LogP contribution is -2.42. The second kappa shape index (κ2) is 11.3. The lowest BCUT2D eigenvalue weighted by Gasteiger charge is -2.28. The summed E-state index contributed by atoms with van der Waals surface area (Å²) in [5.74, 6) is -0.934. The van der Waals surface area contributed by atoms with Crippen molar-refractivity contribution in [3.05, 3.63) is 101 Å². The Labute approximate surface area is 227 Å². The van der Waals surface area contributed by atoms with Gasteiger partial charge in [-0.3, -0.25) is 4.79 Å². The minimum absolute atomic E-state index is 0.0580. The van der Waals surface area contributed by atoms with Gasteiger partial charge < -0.3 is 19.7 Å². The molecule has 1 amide bonds. The predicted molar refractivity (Wildman–Crippen MR) is 149 cm³/mol. The second-order valence-electron chi connectivity index (χ2n) is 10.2. The van der Waals surface area contributed by atoms with Gasteiger partial charge in [0.1, 0.15) is 17.6 Å². The number of carbonyl (C=O) groups is 2. The molecule has 1 aliphatic carbocycles.